The molecule has 0 aromatic rings. The van der Waals surface area contributed by atoms with E-state index < -0.39 is 52.8 Å². The molecule has 11 N–H and O–H groups in total. The highest BCUT2D eigenvalue weighted by molar-refractivity contribution is 5.77. The summed E-state index contributed by atoms with van der Waals surface area (Å²) in [5, 5.41) is 104. The van der Waals surface area contributed by atoms with Gasteiger partial charge in [0.05, 0.1) is 6.42 Å². The molecule has 0 saturated carbocycles. The Morgan fingerprint density at radius 3 is 1.64 bits per heavy atom. The summed E-state index contributed by atoms with van der Waals surface area (Å²) in [6, 6.07) is 0. The van der Waals surface area contributed by atoms with Gasteiger partial charge in [0.2, 0.25) is 0 Å². The third-order valence-electron chi connectivity index (χ3n) is 3.22. The van der Waals surface area contributed by atoms with Crippen LogP contribution in [0.4, 0.5) is 0 Å². The van der Waals surface area contributed by atoms with Crippen molar-refractivity contribution < 1.29 is 75.2 Å². The number of carbonyl (C=O) groups is 2. The van der Waals surface area contributed by atoms with Gasteiger partial charge in [-0.25, -0.2) is 10.0 Å². The normalized spacial score (nSPS) is 17.6. The van der Waals surface area contributed by atoms with Gasteiger partial charge in [0, 0.05) is 11.6 Å². The van der Waals surface area contributed by atoms with Crippen molar-refractivity contribution in [1.29, 1.82) is 0 Å². The van der Waals surface area contributed by atoms with Crippen molar-refractivity contribution in [3.63, 3.8) is 0 Å². The van der Waals surface area contributed by atoms with Crippen molar-refractivity contribution in [3.8, 4) is 0 Å². The molecule has 0 amide bonds. The molecular weight excluding hydrogens is 358 g/mol. The number of nitrogens with zero attached hydrogens (tertiary/aromatic N) is 1. The summed E-state index contributed by atoms with van der Waals surface area (Å²) in [4.78, 5) is 21.9. The van der Waals surface area contributed by atoms with Crippen LogP contribution in [0.25, 0.3) is 0 Å². The van der Waals surface area contributed by atoms with E-state index in [0.717, 1.165) is 6.92 Å². The van der Waals surface area contributed by atoms with Gasteiger partial charge < -0.3 is 40.5 Å². The maximum atomic E-state index is 11.0. The zero-order valence-electron chi connectivity index (χ0n) is 12.9. The van der Waals surface area contributed by atoms with E-state index in [9.17, 15) is 45.4 Å². The molecule has 0 heterocycles. The van der Waals surface area contributed by atoms with Crippen molar-refractivity contribution >= 4 is 11.9 Å². The molecule has 15 nitrogen and oxygen atoms in total. The number of hydroxylamine groups is 3. The van der Waals surface area contributed by atoms with Gasteiger partial charge in [0.15, 0.2) is 0 Å². The second-order valence-corrected chi connectivity index (χ2v) is 5.07. The van der Waals surface area contributed by atoms with Crippen molar-refractivity contribution in [3.05, 3.63) is 0 Å². The summed E-state index contributed by atoms with van der Waals surface area (Å²) in [5.74, 6) is -17.7. The minimum Gasteiger partial charge on any atom is -0.477 e. The summed E-state index contributed by atoms with van der Waals surface area (Å²) < 4.78 is 0.0939. The van der Waals surface area contributed by atoms with Gasteiger partial charge in [0.25, 0.3) is 6.10 Å². The largest absolute Gasteiger partial charge is 0.482 e. The predicted molar refractivity (Wildman–Crippen MR) is 66.4 cm³/mol. The molecule has 148 valence electrons. The predicted octanol–water partition coefficient (Wildman–Crippen LogP) is -5.84. The van der Waals surface area contributed by atoms with Crippen LogP contribution in [0.15, 0.2) is 0 Å². The molecule has 25 heavy (non-hydrogen) atoms. The molecule has 0 rings (SSSR count). The lowest BCUT2D eigenvalue weighted by Crippen LogP contribution is -2.87. The first kappa shape index (κ1) is 23.5. The standard InChI is InChI=1S/C10H19NO14/c1-3-7(15,16)11(24,10(21,22)23)9(19,20)5(25-4(2)12)8(17,18)6(13)14/h5,15-24H,3H2,1-2H3/p+1. The summed E-state index contributed by atoms with van der Waals surface area (Å²) in [6.45, 7) is 1.30. The van der Waals surface area contributed by atoms with E-state index in [2.05, 4.69) is 4.74 Å². The molecule has 0 saturated heterocycles. The van der Waals surface area contributed by atoms with E-state index in [4.69, 9.17) is 20.4 Å². The SMILES string of the molecule is CCC(O)(O)[N+](O)(C(O)(O)O)C(O)(O)C(OC(C)=O)C(O)(O)C(=O)O. The number of rotatable bonds is 8. The highest BCUT2D eigenvalue weighted by atomic mass is 16.9. The van der Waals surface area contributed by atoms with Crippen LogP contribution in [0.5, 0.6) is 0 Å². The Labute approximate surface area is 138 Å². The van der Waals surface area contributed by atoms with Gasteiger partial charge in [-0.3, -0.25) is 20.1 Å². The number of carboxylic acids is 1. The van der Waals surface area contributed by atoms with Crippen LogP contribution in [-0.2, 0) is 14.3 Å². The Morgan fingerprint density at radius 2 is 1.40 bits per heavy atom. The van der Waals surface area contributed by atoms with Crippen LogP contribution in [0.2, 0.25) is 0 Å². The summed E-state index contributed by atoms with van der Waals surface area (Å²) >= 11 is 0. The Morgan fingerprint density at radius 1 is 1.00 bits per heavy atom. The van der Waals surface area contributed by atoms with Gasteiger partial charge in [-0.05, 0) is 0 Å². The number of quaternary nitrogens is 1. The first-order chi connectivity index (χ1) is 10.8. The molecule has 15 heteroatoms. The van der Waals surface area contributed by atoms with Crippen molar-refractivity contribution in [1.82, 2.24) is 0 Å². The van der Waals surface area contributed by atoms with Gasteiger partial charge in [0.1, 0.15) is 0 Å². The molecule has 0 aliphatic heterocycles. The van der Waals surface area contributed by atoms with Crippen molar-refractivity contribution in [2.24, 2.45) is 0 Å². The molecule has 0 bridgehead atoms. The number of hydrogen-bond acceptors (Lipinski definition) is 13. The third kappa shape index (κ3) is 3.71. The van der Waals surface area contributed by atoms with Crippen molar-refractivity contribution in [2.75, 3.05) is 0 Å². The van der Waals surface area contributed by atoms with Crippen LogP contribution in [0.3, 0.4) is 0 Å². The van der Waals surface area contributed by atoms with E-state index in [1.54, 1.807) is 0 Å². The van der Waals surface area contributed by atoms with Crippen LogP contribution in [0.1, 0.15) is 20.3 Å². The highest BCUT2D eigenvalue weighted by Crippen LogP contribution is 2.40. The number of ether oxygens (including phenoxy) is 1. The molecule has 0 aliphatic rings. The Hall–Kier alpha value is -1.50. The smallest absolute Gasteiger partial charge is 0.477 e. The van der Waals surface area contributed by atoms with Gasteiger partial charge in [-0.15, -0.1) is 0 Å². The molecule has 0 radical (unpaired) electrons. The lowest BCUT2D eigenvalue weighted by molar-refractivity contribution is -1.30. The quantitative estimate of drug-likeness (QED) is 0.0813. The number of aliphatic carboxylic acids is 1. The summed E-state index contributed by atoms with van der Waals surface area (Å²) in [6.07, 6.45) is -9.67. The van der Waals surface area contributed by atoms with Gasteiger partial charge >= 0.3 is 35.6 Å². The van der Waals surface area contributed by atoms with Crippen molar-refractivity contribution in [2.45, 2.75) is 50.1 Å². The zero-order valence-corrected chi connectivity index (χ0v) is 12.9. The van der Waals surface area contributed by atoms with E-state index in [0.29, 0.717) is 6.92 Å². The number of aliphatic hydroxyl groups is 9. The second kappa shape index (κ2) is 6.67. The molecule has 0 aromatic carbocycles. The van der Waals surface area contributed by atoms with Crippen LogP contribution < -0.4 is 0 Å². The van der Waals surface area contributed by atoms with Crippen LogP contribution in [0, 0.1) is 0 Å². The Kier molecular flexibility index (Phi) is 6.27. The lowest BCUT2D eigenvalue weighted by Gasteiger charge is -2.50. The first-order valence-electron chi connectivity index (χ1n) is 6.34. The van der Waals surface area contributed by atoms with Gasteiger partial charge in [-0.2, -0.15) is 0 Å². The fourth-order valence-corrected chi connectivity index (χ4v) is 1.83. The molecule has 0 spiro atoms. The molecule has 2 atom stereocenters. The molecule has 0 aliphatic carbocycles. The maximum Gasteiger partial charge on any atom is 0.482 e. The Bertz CT molecular complexity index is 522. The highest BCUT2D eigenvalue weighted by Gasteiger charge is 2.80. The van der Waals surface area contributed by atoms with E-state index in [1.165, 1.54) is 0 Å². The van der Waals surface area contributed by atoms with Crippen LogP contribution in [-0.4, -0.2) is 103 Å². The molecule has 0 aromatic heterocycles. The third-order valence-corrected chi connectivity index (χ3v) is 3.22. The van der Waals surface area contributed by atoms with E-state index in [-0.39, 0.29) is 0 Å². The fourth-order valence-electron chi connectivity index (χ4n) is 1.83. The topological polar surface area (TPSA) is 266 Å². The summed E-state index contributed by atoms with van der Waals surface area (Å²) in [7, 11) is 0. The fraction of sp³-hybridized carbons (Fsp3) is 0.800. The lowest BCUT2D eigenvalue weighted by atomic mass is 10.0. The van der Waals surface area contributed by atoms with Gasteiger partial charge in [-0.1, -0.05) is 6.92 Å². The molecule has 0 fully saturated rings. The number of carbonyl (C=O) groups excluding carboxylic acids is 1. The van der Waals surface area contributed by atoms with Crippen LogP contribution >= 0.6 is 0 Å². The summed E-state index contributed by atoms with van der Waals surface area (Å²) in [5.41, 5.74) is 0. The molecular formula is C10H20NO14+. The minimum absolute atomic E-state index is 0.502. The number of carboxylic acid groups (broad SMARTS) is 1. The van der Waals surface area contributed by atoms with E-state index >= 15 is 0 Å². The molecule has 2 unspecified atom stereocenters. The monoisotopic (exact) mass is 378 g/mol. The Balaban J connectivity index is 6.74. The average molecular weight is 378 g/mol. The number of hydrogen-bond donors (Lipinski definition) is 11. The first-order valence-corrected chi connectivity index (χ1v) is 6.34. The number of esters is 1. The zero-order chi connectivity index (χ0) is 20.6. The average Bonchev–Trinajstić information content (AvgIpc) is 2.41. The second-order valence-electron chi connectivity index (χ2n) is 5.07. The maximum absolute atomic E-state index is 11.0. The minimum atomic E-state index is -4.87. The van der Waals surface area contributed by atoms with E-state index in [1.807, 2.05) is 0 Å².